The zero-order valence-electron chi connectivity index (χ0n) is 6.23. The van der Waals surface area contributed by atoms with Crippen molar-refractivity contribution in [3.8, 4) is 5.75 Å². The third-order valence-corrected chi connectivity index (χ3v) is 1.31. The van der Waals surface area contributed by atoms with Crippen LogP contribution in [0.25, 0.3) is 0 Å². The van der Waals surface area contributed by atoms with Crippen molar-refractivity contribution in [1.82, 2.24) is 0 Å². The van der Waals surface area contributed by atoms with Gasteiger partial charge in [0.2, 0.25) is 0 Å². The lowest BCUT2D eigenvalue weighted by Crippen LogP contribution is -2.01. The highest BCUT2D eigenvalue weighted by atomic mass is 16.5. The van der Waals surface area contributed by atoms with E-state index in [1.54, 1.807) is 12.1 Å². The molecule has 0 saturated heterocycles. The van der Waals surface area contributed by atoms with Crippen LogP contribution in [-0.2, 0) is 0 Å². The maximum atomic E-state index is 10.4. The number of carbonyl (C=O) groups is 1. The van der Waals surface area contributed by atoms with Crippen LogP contribution >= 0.6 is 0 Å². The summed E-state index contributed by atoms with van der Waals surface area (Å²) in [6.45, 7) is 0. The molecule has 0 spiro atoms. The van der Waals surface area contributed by atoms with Crippen LogP contribution in [0.3, 0.4) is 0 Å². The van der Waals surface area contributed by atoms with E-state index >= 15 is 0 Å². The Kier molecular flexibility index (Phi) is 2.71. The van der Waals surface area contributed by atoms with E-state index in [0.29, 0.717) is 5.75 Å². The number of carboxylic acid groups (broad SMARTS) is 1. The maximum absolute atomic E-state index is 10.4. The number of aromatic carboxylic acids is 1. The molecule has 2 N–H and O–H groups in total. The van der Waals surface area contributed by atoms with E-state index in [0.717, 1.165) is 0 Å². The van der Waals surface area contributed by atoms with Crippen LogP contribution in [0, 0.1) is 0 Å². The fraction of sp³-hybridized carbons (Fsp3) is 0. The molecule has 0 saturated carbocycles. The Morgan fingerprint density at radius 1 is 1.50 bits per heavy atom. The fourth-order valence-corrected chi connectivity index (χ4v) is 0.793. The van der Waals surface area contributed by atoms with Crippen LogP contribution in [0.4, 0.5) is 0 Å². The first-order valence-corrected chi connectivity index (χ1v) is 3.31. The predicted molar refractivity (Wildman–Crippen MR) is 43.4 cm³/mol. The molecule has 0 heterocycles. The quantitative estimate of drug-likeness (QED) is 0.621. The van der Waals surface area contributed by atoms with E-state index in [-0.39, 0.29) is 5.56 Å². The Labute approximate surface area is 69.7 Å². The summed E-state index contributed by atoms with van der Waals surface area (Å²) in [5.74, 6) is -0.671. The highest BCUT2D eigenvalue weighted by molar-refractivity contribution is 6.17. The molecule has 1 rings (SSSR count). The molecular formula is C7H7BO4. The van der Waals surface area contributed by atoms with E-state index in [2.05, 4.69) is 4.65 Å². The van der Waals surface area contributed by atoms with Gasteiger partial charge in [0.25, 0.3) is 0 Å². The predicted octanol–water partition coefficient (Wildman–Crippen LogP) is 0.0224. The summed E-state index contributed by atoms with van der Waals surface area (Å²) >= 11 is 0. The van der Waals surface area contributed by atoms with Crippen molar-refractivity contribution in [2.24, 2.45) is 0 Å². The van der Waals surface area contributed by atoms with Gasteiger partial charge in [-0.05, 0) is 18.2 Å². The van der Waals surface area contributed by atoms with Gasteiger partial charge in [0.1, 0.15) is 5.75 Å². The van der Waals surface area contributed by atoms with Gasteiger partial charge in [0, 0.05) is 0 Å². The number of carboxylic acids is 1. The smallest absolute Gasteiger partial charge is 0.504 e. The molecule has 12 heavy (non-hydrogen) atoms. The normalized spacial score (nSPS) is 9.08. The second kappa shape index (κ2) is 3.78. The van der Waals surface area contributed by atoms with Gasteiger partial charge in [0.15, 0.2) is 0 Å². The number of hydrogen-bond acceptors (Lipinski definition) is 3. The highest BCUT2D eigenvalue weighted by Gasteiger charge is 2.02. The molecule has 4 nitrogen and oxygen atoms in total. The van der Waals surface area contributed by atoms with E-state index < -0.39 is 13.7 Å². The zero-order chi connectivity index (χ0) is 8.97. The monoisotopic (exact) mass is 166 g/mol. The van der Waals surface area contributed by atoms with Crippen LogP contribution in [0.2, 0.25) is 0 Å². The van der Waals surface area contributed by atoms with Gasteiger partial charge in [-0.15, -0.1) is 0 Å². The second-order valence-electron chi connectivity index (χ2n) is 2.11. The Hall–Kier alpha value is -1.49. The summed E-state index contributed by atoms with van der Waals surface area (Å²) in [4.78, 5) is 10.4. The number of rotatable bonds is 3. The minimum Gasteiger partial charge on any atom is -0.539 e. The first-order valence-electron chi connectivity index (χ1n) is 3.31. The average Bonchev–Trinajstić information content (AvgIpc) is 2.05. The SMILES string of the molecule is O=C(O)c1cccc(OBO)c1. The van der Waals surface area contributed by atoms with E-state index in [1.807, 2.05) is 0 Å². The van der Waals surface area contributed by atoms with Crippen LogP contribution < -0.4 is 4.65 Å². The van der Waals surface area contributed by atoms with Crippen LogP contribution in [-0.4, -0.2) is 23.8 Å². The molecule has 5 heteroatoms. The number of hydrogen-bond donors (Lipinski definition) is 2. The molecule has 62 valence electrons. The lowest BCUT2D eigenvalue weighted by Gasteiger charge is -2.01. The topological polar surface area (TPSA) is 66.8 Å². The summed E-state index contributed by atoms with van der Waals surface area (Å²) in [7, 11) is -0.455. The summed E-state index contributed by atoms with van der Waals surface area (Å²) in [5, 5.41) is 16.9. The van der Waals surface area contributed by atoms with Gasteiger partial charge in [-0.3, -0.25) is 0 Å². The molecule has 0 atom stereocenters. The minimum atomic E-state index is -1.02. The van der Waals surface area contributed by atoms with Gasteiger partial charge in [0.05, 0.1) is 5.56 Å². The van der Waals surface area contributed by atoms with Crippen LogP contribution in [0.15, 0.2) is 24.3 Å². The summed E-state index contributed by atoms with van der Waals surface area (Å²) in [5.41, 5.74) is 0.140. The molecule has 0 aliphatic carbocycles. The second-order valence-corrected chi connectivity index (χ2v) is 2.11. The summed E-state index contributed by atoms with van der Waals surface area (Å²) < 4.78 is 4.69. The van der Waals surface area contributed by atoms with Crippen molar-refractivity contribution in [2.75, 3.05) is 0 Å². The Bertz CT molecular complexity index is 286. The van der Waals surface area contributed by atoms with Crippen LogP contribution in [0.5, 0.6) is 5.75 Å². The molecule has 0 radical (unpaired) electrons. The average molecular weight is 166 g/mol. The third kappa shape index (κ3) is 2.00. The van der Waals surface area contributed by atoms with E-state index in [1.165, 1.54) is 12.1 Å². The summed E-state index contributed by atoms with van der Waals surface area (Å²) in [6.07, 6.45) is 0. The van der Waals surface area contributed by atoms with Crippen molar-refractivity contribution in [2.45, 2.75) is 0 Å². The largest absolute Gasteiger partial charge is 0.539 e. The molecule has 0 aromatic heterocycles. The van der Waals surface area contributed by atoms with Crippen molar-refractivity contribution in [3.63, 3.8) is 0 Å². The fourth-order valence-electron chi connectivity index (χ4n) is 0.793. The molecule has 1 aromatic carbocycles. The standard InChI is InChI=1S/C7H7BO4/c9-7(10)5-2-1-3-6(4-5)12-8-11/h1-4,8,11H,(H,9,10). The molecule has 0 amide bonds. The molecule has 0 aliphatic heterocycles. The van der Waals surface area contributed by atoms with Gasteiger partial charge < -0.3 is 14.8 Å². The van der Waals surface area contributed by atoms with Crippen molar-refractivity contribution < 1.29 is 19.6 Å². The lowest BCUT2D eigenvalue weighted by atomic mass is 10.2. The molecular weight excluding hydrogens is 159 g/mol. The Balaban J connectivity index is 2.88. The minimum absolute atomic E-state index is 0.140. The number of benzene rings is 1. The third-order valence-electron chi connectivity index (χ3n) is 1.31. The van der Waals surface area contributed by atoms with Crippen LogP contribution in [0.1, 0.15) is 10.4 Å². The molecule has 0 unspecified atom stereocenters. The summed E-state index contributed by atoms with van der Waals surface area (Å²) in [6, 6.07) is 5.92. The zero-order valence-corrected chi connectivity index (χ0v) is 6.23. The van der Waals surface area contributed by atoms with Crippen molar-refractivity contribution in [1.29, 1.82) is 0 Å². The van der Waals surface area contributed by atoms with Gasteiger partial charge in [-0.25, -0.2) is 4.79 Å². The van der Waals surface area contributed by atoms with Gasteiger partial charge >= 0.3 is 13.7 Å². The van der Waals surface area contributed by atoms with Crippen molar-refractivity contribution in [3.05, 3.63) is 29.8 Å². The first kappa shape index (κ1) is 8.61. The molecule has 0 aliphatic rings. The Morgan fingerprint density at radius 2 is 2.25 bits per heavy atom. The molecule has 0 fully saturated rings. The molecule has 1 aromatic rings. The lowest BCUT2D eigenvalue weighted by molar-refractivity contribution is 0.0696. The Morgan fingerprint density at radius 3 is 2.83 bits per heavy atom. The van der Waals surface area contributed by atoms with Crippen molar-refractivity contribution >= 4 is 13.7 Å². The molecule has 0 bridgehead atoms. The highest BCUT2D eigenvalue weighted by Crippen LogP contribution is 2.12. The van der Waals surface area contributed by atoms with E-state index in [9.17, 15) is 4.79 Å². The van der Waals surface area contributed by atoms with E-state index in [4.69, 9.17) is 10.1 Å². The maximum Gasteiger partial charge on any atom is 0.504 e. The van der Waals surface area contributed by atoms with Gasteiger partial charge in [-0.2, -0.15) is 0 Å². The first-order chi connectivity index (χ1) is 5.74. The van der Waals surface area contributed by atoms with Gasteiger partial charge in [-0.1, -0.05) is 6.07 Å².